The molecule has 3 fully saturated rings. The Labute approximate surface area is 166 Å². The Bertz CT molecular complexity index is 642. The van der Waals surface area contributed by atoms with Gasteiger partial charge in [-0.15, -0.1) is 0 Å². The largest absolute Gasteiger partial charge is 0.299 e. The van der Waals surface area contributed by atoms with E-state index in [9.17, 15) is 9.59 Å². The van der Waals surface area contributed by atoms with Crippen molar-refractivity contribution < 1.29 is 9.59 Å². The summed E-state index contributed by atoms with van der Waals surface area (Å²) in [6, 6.07) is 0. The standard InChI is InChI=1S/C22H32O2S2/c1-4-25-26-13-22-10-7-16(23)12-15(22)5-6-17-18(22)8-9-21(3)19(17)11-14(2)20(21)24/h12,14,17-19H,4-11,13H2,1-3H3/t14-,17+,18-,19-,21-,22+/m0/s1. The van der Waals surface area contributed by atoms with Crippen LogP contribution in [0.4, 0.5) is 0 Å². The fourth-order valence-corrected chi connectivity index (χ4v) is 9.36. The van der Waals surface area contributed by atoms with Gasteiger partial charge < -0.3 is 0 Å². The molecule has 0 aromatic rings. The summed E-state index contributed by atoms with van der Waals surface area (Å²) >= 11 is 0. The van der Waals surface area contributed by atoms with Crippen LogP contribution in [0.2, 0.25) is 0 Å². The van der Waals surface area contributed by atoms with E-state index in [-0.39, 0.29) is 16.7 Å². The quantitative estimate of drug-likeness (QED) is 0.453. The molecule has 0 aromatic carbocycles. The highest BCUT2D eigenvalue weighted by molar-refractivity contribution is 8.76. The van der Waals surface area contributed by atoms with Crippen LogP contribution in [0, 0.1) is 34.5 Å². The molecule has 4 rings (SSSR count). The Morgan fingerprint density at radius 2 is 1.92 bits per heavy atom. The van der Waals surface area contributed by atoms with Crippen LogP contribution in [0.1, 0.15) is 65.7 Å². The van der Waals surface area contributed by atoms with Crippen molar-refractivity contribution >= 4 is 33.2 Å². The van der Waals surface area contributed by atoms with Crippen molar-refractivity contribution in [1.82, 2.24) is 0 Å². The van der Waals surface area contributed by atoms with E-state index in [4.69, 9.17) is 0 Å². The van der Waals surface area contributed by atoms with Crippen molar-refractivity contribution in [2.75, 3.05) is 11.5 Å². The van der Waals surface area contributed by atoms with Gasteiger partial charge in [0.05, 0.1) is 0 Å². The monoisotopic (exact) mass is 392 g/mol. The molecule has 3 saturated carbocycles. The van der Waals surface area contributed by atoms with Gasteiger partial charge in [-0.05, 0) is 62.4 Å². The number of hydrogen-bond donors (Lipinski definition) is 0. The molecule has 0 N–H and O–H groups in total. The number of Topliss-reactive ketones (excluding diaryl/α,β-unsaturated/α-hetero) is 1. The molecule has 144 valence electrons. The van der Waals surface area contributed by atoms with Gasteiger partial charge in [-0.2, -0.15) is 0 Å². The van der Waals surface area contributed by atoms with Gasteiger partial charge in [0.25, 0.3) is 0 Å². The van der Waals surface area contributed by atoms with Crippen molar-refractivity contribution in [3.63, 3.8) is 0 Å². The Kier molecular flexibility index (Phi) is 5.14. The number of allylic oxidation sites excluding steroid dienone is 1. The van der Waals surface area contributed by atoms with Crippen molar-refractivity contribution in [2.24, 2.45) is 34.5 Å². The van der Waals surface area contributed by atoms with Gasteiger partial charge >= 0.3 is 0 Å². The highest BCUT2D eigenvalue weighted by atomic mass is 33.1. The minimum absolute atomic E-state index is 0.0706. The topological polar surface area (TPSA) is 34.1 Å². The van der Waals surface area contributed by atoms with E-state index < -0.39 is 0 Å². The molecule has 0 heterocycles. The third-order valence-electron chi connectivity index (χ3n) is 8.21. The van der Waals surface area contributed by atoms with Gasteiger partial charge in [0.15, 0.2) is 5.78 Å². The minimum Gasteiger partial charge on any atom is -0.299 e. The smallest absolute Gasteiger partial charge is 0.155 e. The Hall–Kier alpha value is -0.220. The third-order valence-corrected chi connectivity index (χ3v) is 10.8. The lowest BCUT2D eigenvalue weighted by molar-refractivity contribution is -0.134. The average molecular weight is 393 g/mol. The summed E-state index contributed by atoms with van der Waals surface area (Å²) in [5.74, 6) is 5.34. The summed E-state index contributed by atoms with van der Waals surface area (Å²) in [5.41, 5.74) is 1.61. The van der Waals surface area contributed by atoms with Gasteiger partial charge in [0, 0.05) is 34.7 Å². The van der Waals surface area contributed by atoms with Crippen molar-refractivity contribution in [3.05, 3.63) is 11.6 Å². The first-order valence-corrected chi connectivity index (χ1v) is 12.9. The lowest BCUT2D eigenvalue weighted by atomic mass is 9.47. The number of rotatable bonds is 4. The van der Waals surface area contributed by atoms with E-state index >= 15 is 0 Å². The fraction of sp³-hybridized carbons (Fsp3) is 0.818. The van der Waals surface area contributed by atoms with Crippen molar-refractivity contribution in [1.29, 1.82) is 0 Å². The maximum absolute atomic E-state index is 12.9. The molecule has 0 saturated heterocycles. The second-order valence-corrected chi connectivity index (χ2v) is 12.1. The maximum atomic E-state index is 12.9. The maximum Gasteiger partial charge on any atom is 0.155 e. The van der Waals surface area contributed by atoms with Crippen LogP contribution in [-0.2, 0) is 9.59 Å². The van der Waals surface area contributed by atoms with Crippen LogP contribution in [0.25, 0.3) is 0 Å². The molecule has 0 spiro atoms. The number of fused-ring (bicyclic) bond motifs is 5. The number of ketones is 2. The van der Waals surface area contributed by atoms with Gasteiger partial charge in [-0.1, -0.05) is 47.9 Å². The predicted octanol–water partition coefficient (Wildman–Crippen LogP) is 5.71. The number of hydrogen-bond acceptors (Lipinski definition) is 4. The van der Waals surface area contributed by atoms with Gasteiger partial charge in [-0.25, -0.2) is 0 Å². The Morgan fingerprint density at radius 1 is 1.12 bits per heavy atom. The predicted molar refractivity (Wildman–Crippen MR) is 111 cm³/mol. The SMILES string of the molecule is CCSSC[C@]12CCC(=O)C=C1CC[C@@H]1[C@@H]2CC[C@]2(C)C(=O)[C@@H](C)C[C@@H]12. The van der Waals surface area contributed by atoms with Crippen molar-refractivity contribution in [3.8, 4) is 0 Å². The molecule has 4 aliphatic carbocycles. The van der Waals surface area contributed by atoms with E-state index in [1.54, 1.807) is 0 Å². The molecule has 26 heavy (non-hydrogen) atoms. The Balaban J connectivity index is 1.68. The van der Waals surface area contributed by atoms with Crippen LogP contribution in [0.15, 0.2) is 11.6 Å². The van der Waals surface area contributed by atoms with Crippen LogP contribution in [-0.4, -0.2) is 23.1 Å². The minimum atomic E-state index is -0.0706. The second-order valence-electron chi connectivity index (χ2n) is 9.33. The van der Waals surface area contributed by atoms with E-state index in [1.807, 2.05) is 27.7 Å². The summed E-state index contributed by atoms with van der Waals surface area (Å²) in [6.07, 6.45) is 9.41. The lowest BCUT2D eigenvalue weighted by Crippen LogP contribution is -2.52. The summed E-state index contributed by atoms with van der Waals surface area (Å²) in [4.78, 5) is 25.0. The molecule has 0 aliphatic heterocycles. The molecule has 0 amide bonds. The first kappa shape index (κ1) is 19.1. The summed E-state index contributed by atoms with van der Waals surface area (Å²) in [7, 11) is 3.98. The first-order chi connectivity index (χ1) is 12.4. The number of carbonyl (C=O) groups excluding carboxylic acids is 2. The van der Waals surface area contributed by atoms with E-state index in [2.05, 4.69) is 20.8 Å². The zero-order valence-corrected chi connectivity index (χ0v) is 18.0. The molecule has 2 nitrogen and oxygen atoms in total. The van der Waals surface area contributed by atoms with Crippen LogP contribution >= 0.6 is 21.6 Å². The molecule has 0 unspecified atom stereocenters. The highest BCUT2D eigenvalue weighted by Gasteiger charge is 2.61. The second kappa shape index (κ2) is 6.99. The summed E-state index contributed by atoms with van der Waals surface area (Å²) in [5, 5.41) is 0. The van der Waals surface area contributed by atoms with Gasteiger partial charge in [0.1, 0.15) is 5.78 Å². The van der Waals surface area contributed by atoms with E-state index in [1.165, 1.54) is 18.4 Å². The first-order valence-electron chi connectivity index (χ1n) is 10.4. The highest BCUT2D eigenvalue weighted by Crippen LogP contribution is 2.66. The van der Waals surface area contributed by atoms with Gasteiger partial charge in [-0.3, -0.25) is 9.59 Å². The normalized spacial score (nSPS) is 45.0. The molecular weight excluding hydrogens is 360 g/mol. The molecule has 4 heteroatoms. The zero-order chi connectivity index (χ0) is 18.5. The average Bonchev–Trinajstić information content (AvgIpc) is 2.86. The van der Waals surface area contributed by atoms with Crippen LogP contribution < -0.4 is 0 Å². The molecule has 0 aromatic heterocycles. The van der Waals surface area contributed by atoms with Gasteiger partial charge in [0.2, 0.25) is 0 Å². The lowest BCUT2D eigenvalue weighted by Gasteiger charge is -2.58. The zero-order valence-electron chi connectivity index (χ0n) is 16.4. The summed E-state index contributed by atoms with van der Waals surface area (Å²) < 4.78 is 0. The number of carbonyl (C=O) groups is 2. The van der Waals surface area contributed by atoms with Crippen molar-refractivity contribution in [2.45, 2.75) is 65.7 Å². The van der Waals surface area contributed by atoms with E-state index in [0.29, 0.717) is 29.3 Å². The molecule has 0 radical (unpaired) electrons. The fourth-order valence-electron chi connectivity index (χ4n) is 6.97. The molecule has 0 bridgehead atoms. The van der Waals surface area contributed by atoms with Crippen LogP contribution in [0.3, 0.4) is 0 Å². The third kappa shape index (κ3) is 2.77. The molecule has 4 aliphatic rings. The Morgan fingerprint density at radius 3 is 2.69 bits per heavy atom. The van der Waals surface area contributed by atoms with E-state index in [0.717, 1.165) is 43.6 Å². The van der Waals surface area contributed by atoms with Crippen LogP contribution in [0.5, 0.6) is 0 Å². The molecular formula is C22H32O2S2. The molecule has 6 atom stereocenters. The summed E-state index contributed by atoms with van der Waals surface area (Å²) in [6.45, 7) is 6.64.